The molecule has 1 aliphatic rings. The van der Waals surface area contributed by atoms with E-state index in [9.17, 15) is 13.2 Å². The van der Waals surface area contributed by atoms with E-state index in [4.69, 9.17) is 0 Å². The Bertz CT molecular complexity index is 442. The lowest BCUT2D eigenvalue weighted by Gasteiger charge is -2.35. The number of rotatable bonds is 5. The molecule has 118 valence electrons. The van der Waals surface area contributed by atoms with Gasteiger partial charge in [-0.25, -0.2) is 4.98 Å². The van der Waals surface area contributed by atoms with Crippen LogP contribution in [0, 0.1) is 0 Å². The zero-order chi connectivity index (χ0) is 15.3. The van der Waals surface area contributed by atoms with Crippen LogP contribution in [-0.4, -0.2) is 55.3 Å². The Morgan fingerprint density at radius 1 is 1.24 bits per heavy atom. The van der Waals surface area contributed by atoms with Crippen molar-refractivity contribution in [2.75, 3.05) is 44.2 Å². The third kappa shape index (κ3) is 5.17. The maximum absolute atomic E-state index is 12.4. The van der Waals surface area contributed by atoms with Crippen molar-refractivity contribution in [3.63, 3.8) is 0 Å². The van der Waals surface area contributed by atoms with Crippen molar-refractivity contribution in [3.8, 4) is 0 Å². The first kappa shape index (κ1) is 16.0. The SMILES string of the molecule is CCNCc1ccnc(N2CCN(CC(F)(F)F)CC2)c1. The van der Waals surface area contributed by atoms with Crippen LogP contribution in [0.4, 0.5) is 19.0 Å². The number of piperazine rings is 1. The van der Waals surface area contributed by atoms with Crippen molar-refractivity contribution < 1.29 is 13.2 Å². The molecule has 21 heavy (non-hydrogen) atoms. The Morgan fingerprint density at radius 2 is 1.95 bits per heavy atom. The first-order chi connectivity index (χ1) is 9.98. The number of pyridine rings is 1. The minimum atomic E-state index is -4.12. The Hall–Kier alpha value is -1.34. The zero-order valence-electron chi connectivity index (χ0n) is 12.2. The van der Waals surface area contributed by atoms with Crippen molar-refractivity contribution in [3.05, 3.63) is 23.9 Å². The van der Waals surface area contributed by atoms with Gasteiger partial charge in [-0.3, -0.25) is 4.90 Å². The highest BCUT2D eigenvalue weighted by Gasteiger charge is 2.32. The third-order valence-electron chi connectivity index (χ3n) is 3.49. The van der Waals surface area contributed by atoms with E-state index >= 15 is 0 Å². The van der Waals surface area contributed by atoms with Crippen LogP contribution in [0.15, 0.2) is 18.3 Å². The minimum absolute atomic E-state index is 0.415. The number of hydrogen-bond donors (Lipinski definition) is 1. The van der Waals surface area contributed by atoms with Crippen molar-refractivity contribution in [2.24, 2.45) is 0 Å². The highest BCUT2D eigenvalue weighted by molar-refractivity contribution is 5.41. The standard InChI is InChI=1S/C14H21F3N4/c1-2-18-10-12-3-4-19-13(9-12)21-7-5-20(6-8-21)11-14(15,16)17/h3-4,9,18H,2,5-8,10-11H2,1H3. The summed E-state index contributed by atoms with van der Waals surface area (Å²) >= 11 is 0. The van der Waals surface area contributed by atoms with E-state index in [1.807, 2.05) is 24.0 Å². The Kier molecular flexibility index (Phi) is 5.41. The molecule has 0 bridgehead atoms. The fraction of sp³-hybridized carbons (Fsp3) is 0.643. The topological polar surface area (TPSA) is 31.4 Å². The highest BCUT2D eigenvalue weighted by Crippen LogP contribution is 2.19. The van der Waals surface area contributed by atoms with Gasteiger partial charge in [0.25, 0.3) is 0 Å². The van der Waals surface area contributed by atoms with Crippen LogP contribution in [0.3, 0.4) is 0 Å². The van der Waals surface area contributed by atoms with Gasteiger partial charge < -0.3 is 10.2 Å². The Balaban J connectivity index is 1.90. The molecule has 7 heteroatoms. The smallest absolute Gasteiger partial charge is 0.354 e. The molecular formula is C14H21F3N4. The van der Waals surface area contributed by atoms with Gasteiger partial charge >= 0.3 is 6.18 Å². The summed E-state index contributed by atoms with van der Waals surface area (Å²) in [5.74, 6) is 0.845. The first-order valence-corrected chi connectivity index (χ1v) is 7.17. The molecule has 1 aromatic rings. The normalized spacial score (nSPS) is 17.2. The van der Waals surface area contributed by atoms with Crippen molar-refractivity contribution in [1.29, 1.82) is 0 Å². The van der Waals surface area contributed by atoms with Gasteiger partial charge in [0.15, 0.2) is 0 Å². The molecule has 0 aromatic carbocycles. The van der Waals surface area contributed by atoms with E-state index in [-0.39, 0.29) is 0 Å². The van der Waals surface area contributed by atoms with Crippen molar-refractivity contribution in [1.82, 2.24) is 15.2 Å². The molecule has 2 rings (SSSR count). The second-order valence-electron chi connectivity index (χ2n) is 5.18. The molecule has 1 aromatic heterocycles. The molecule has 0 unspecified atom stereocenters. The van der Waals surface area contributed by atoms with E-state index in [1.165, 1.54) is 4.90 Å². The molecule has 1 fully saturated rings. The molecule has 0 spiro atoms. The summed E-state index contributed by atoms with van der Waals surface area (Å²) in [5, 5.41) is 3.25. The lowest BCUT2D eigenvalue weighted by Crippen LogP contribution is -2.49. The third-order valence-corrected chi connectivity index (χ3v) is 3.49. The molecule has 0 atom stereocenters. The molecule has 0 radical (unpaired) electrons. The van der Waals surface area contributed by atoms with Gasteiger partial charge in [0, 0.05) is 38.9 Å². The molecule has 1 saturated heterocycles. The maximum Gasteiger partial charge on any atom is 0.401 e. The van der Waals surface area contributed by atoms with Gasteiger partial charge in [0.1, 0.15) is 5.82 Å². The van der Waals surface area contributed by atoms with Crippen molar-refractivity contribution in [2.45, 2.75) is 19.6 Å². The van der Waals surface area contributed by atoms with Crippen LogP contribution < -0.4 is 10.2 Å². The summed E-state index contributed by atoms with van der Waals surface area (Å²) in [6.07, 6.45) is -2.36. The van der Waals surface area contributed by atoms with E-state index in [2.05, 4.69) is 10.3 Å². The zero-order valence-corrected chi connectivity index (χ0v) is 12.2. The highest BCUT2D eigenvalue weighted by atomic mass is 19.4. The van der Waals surface area contributed by atoms with Crippen LogP contribution in [0.1, 0.15) is 12.5 Å². The molecule has 0 amide bonds. The van der Waals surface area contributed by atoms with E-state index in [1.54, 1.807) is 6.20 Å². The van der Waals surface area contributed by atoms with Gasteiger partial charge in [0.05, 0.1) is 6.54 Å². The average Bonchev–Trinajstić information content (AvgIpc) is 2.44. The molecule has 2 heterocycles. The number of hydrogen-bond acceptors (Lipinski definition) is 4. The van der Waals surface area contributed by atoms with Crippen LogP contribution in [0.5, 0.6) is 0 Å². The second-order valence-corrected chi connectivity index (χ2v) is 5.18. The van der Waals surface area contributed by atoms with Crippen LogP contribution in [-0.2, 0) is 6.54 Å². The number of anilines is 1. The molecule has 1 aliphatic heterocycles. The van der Waals surface area contributed by atoms with E-state index in [0.29, 0.717) is 26.2 Å². The fourth-order valence-corrected chi connectivity index (χ4v) is 2.40. The predicted octanol–water partition coefficient (Wildman–Crippen LogP) is 1.88. The molecular weight excluding hydrogens is 281 g/mol. The van der Waals surface area contributed by atoms with Gasteiger partial charge in [-0.05, 0) is 24.2 Å². The Morgan fingerprint density at radius 3 is 2.57 bits per heavy atom. The summed E-state index contributed by atoms with van der Waals surface area (Å²) in [4.78, 5) is 7.82. The van der Waals surface area contributed by atoms with Crippen molar-refractivity contribution >= 4 is 5.82 Å². The maximum atomic E-state index is 12.4. The lowest BCUT2D eigenvalue weighted by molar-refractivity contribution is -0.146. The van der Waals surface area contributed by atoms with Gasteiger partial charge in [-0.1, -0.05) is 6.92 Å². The Labute approximate surface area is 122 Å². The average molecular weight is 302 g/mol. The quantitative estimate of drug-likeness (QED) is 0.900. The largest absolute Gasteiger partial charge is 0.401 e. The summed E-state index contributed by atoms with van der Waals surface area (Å²) in [5.41, 5.74) is 1.14. The molecule has 0 aliphatic carbocycles. The number of halogens is 3. The monoisotopic (exact) mass is 302 g/mol. The molecule has 1 N–H and O–H groups in total. The fourth-order valence-electron chi connectivity index (χ4n) is 2.40. The van der Waals surface area contributed by atoms with Crippen LogP contribution in [0.2, 0.25) is 0 Å². The number of aromatic nitrogens is 1. The van der Waals surface area contributed by atoms with E-state index < -0.39 is 12.7 Å². The number of alkyl halides is 3. The predicted molar refractivity (Wildman–Crippen MR) is 76.3 cm³/mol. The molecule has 0 saturated carbocycles. The molecule has 4 nitrogen and oxygen atoms in total. The second kappa shape index (κ2) is 7.09. The summed E-state index contributed by atoms with van der Waals surface area (Å²) in [6.45, 7) is 4.88. The van der Waals surface area contributed by atoms with Gasteiger partial charge in [-0.2, -0.15) is 13.2 Å². The van der Waals surface area contributed by atoms with E-state index in [0.717, 1.165) is 24.5 Å². The number of nitrogens with zero attached hydrogens (tertiary/aromatic N) is 3. The number of nitrogens with one attached hydrogen (secondary N) is 1. The summed E-state index contributed by atoms with van der Waals surface area (Å²) in [7, 11) is 0. The van der Waals surface area contributed by atoms with Gasteiger partial charge in [-0.15, -0.1) is 0 Å². The summed E-state index contributed by atoms with van der Waals surface area (Å²) < 4.78 is 37.1. The first-order valence-electron chi connectivity index (χ1n) is 7.17. The lowest BCUT2D eigenvalue weighted by atomic mass is 10.2. The van der Waals surface area contributed by atoms with Gasteiger partial charge in [0.2, 0.25) is 0 Å². The summed E-state index contributed by atoms with van der Waals surface area (Å²) in [6, 6.07) is 3.95. The van der Waals surface area contributed by atoms with Crippen LogP contribution in [0.25, 0.3) is 0 Å². The van der Waals surface area contributed by atoms with Crippen LogP contribution >= 0.6 is 0 Å². The minimum Gasteiger partial charge on any atom is -0.354 e.